The fourth-order valence-electron chi connectivity index (χ4n) is 2.85. The van der Waals surface area contributed by atoms with E-state index >= 15 is 0 Å². The number of rotatable bonds is 8. The summed E-state index contributed by atoms with van der Waals surface area (Å²) in [7, 11) is -3.99. The van der Waals surface area contributed by atoms with E-state index in [4.69, 9.17) is 8.94 Å². The monoisotopic (exact) mass is 461 g/mol. The van der Waals surface area contributed by atoms with Crippen LogP contribution in [0.25, 0.3) is 0 Å². The molecular formula is C20H23N5O6S. The zero-order valence-electron chi connectivity index (χ0n) is 17.6. The molecule has 0 unspecified atom stereocenters. The van der Waals surface area contributed by atoms with Gasteiger partial charge in [0.15, 0.2) is 5.76 Å². The van der Waals surface area contributed by atoms with Gasteiger partial charge in [-0.3, -0.25) is 4.79 Å². The van der Waals surface area contributed by atoms with Crippen molar-refractivity contribution in [3.05, 3.63) is 59.9 Å². The zero-order valence-corrected chi connectivity index (χ0v) is 18.4. The molecule has 1 aromatic carbocycles. The maximum atomic E-state index is 12.5. The van der Waals surface area contributed by atoms with Crippen LogP contribution in [0.3, 0.4) is 0 Å². The Morgan fingerprint density at radius 3 is 2.28 bits per heavy atom. The molecule has 3 rings (SSSR count). The second kappa shape index (κ2) is 9.66. The highest BCUT2D eigenvalue weighted by Crippen LogP contribution is 2.19. The number of benzene rings is 1. The Morgan fingerprint density at radius 1 is 1.06 bits per heavy atom. The fraction of sp³-hybridized carbons (Fsp3) is 0.250. The molecular weight excluding hydrogens is 438 g/mol. The number of aryl methyl sites for hydroxylation is 2. The highest BCUT2D eigenvalue weighted by molar-refractivity contribution is 7.89. The Balaban J connectivity index is 1.53. The van der Waals surface area contributed by atoms with Crippen LogP contribution in [0.1, 0.15) is 24.1 Å². The fourth-order valence-corrected chi connectivity index (χ4v) is 4.38. The molecule has 12 heteroatoms. The average molecular weight is 462 g/mol. The van der Waals surface area contributed by atoms with Gasteiger partial charge in [-0.2, -0.15) is 4.72 Å². The number of furan rings is 1. The summed E-state index contributed by atoms with van der Waals surface area (Å²) in [4.78, 5) is 24.3. The number of carbonyl (C=O) groups is 2. The molecule has 0 radical (unpaired) electrons. The number of anilines is 2. The van der Waals surface area contributed by atoms with E-state index in [9.17, 15) is 18.0 Å². The second-order valence-electron chi connectivity index (χ2n) is 6.95. The van der Waals surface area contributed by atoms with Crippen LogP contribution in [0.5, 0.6) is 0 Å². The van der Waals surface area contributed by atoms with Crippen LogP contribution in [-0.2, 0) is 21.4 Å². The molecule has 3 amide bonds. The molecule has 4 N–H and O–H groups in total. The van der Waals surface area contributed by atoms with Crippen molar-refractivity contribution in [2.24, 2.45) is 0 Å². The van der Waals surface area contributed by atoms with Gasteiger partial charge < -0.3 is 24.9 Å². The lowest BCUT2D eigenvalue weighted by molar-refractivity contribution is -0.117. The average Bonchev–Trinajstić information content (AvgIpc) is 3.37. The molecule has 1 atom stereocenters. The molecule has 3 aromatic rings. The van der Waals surface area contributed by atoms with Crippen LogP contribution < -0.4 is 20.7 Å². The van der Waals surface area contributed by atoms with E-state index in [1.807, 2.05) is 0 Å². The van der Waals surface area contributed by atoms with E-state index in [1.54, 1.807) is 36.4 Å². The number of urea groups is 1. The predicted molar refractivity (Wildman–Crippen MR) is 115 cm³/mol. The standard InChI is InChI=1S/C20H23N5O6S/c1-12-18(14(3)31-24-12)32(28,29)25-13(2)19(26)22-15-6-8-16(9-7-15)23-20(27)21-11-17-5-4-10-30-17/h4-10,13,25H,11H2,1-3H3,(H,22,26)(H2,21,23,27)/t13-/m0/s1. The van der Waals surface area contributed by atoms with E-state index in [0.29, 0.717) is 17.1 Å². The minimum Gasteiger partial charge on any atom is -0.467 e. The van der Waals surface area contributed by atoms with Gasteiger partial charge in [0.1, 0.15) is 16.3 Å². The lowest BCUT2D eigenvalue weighted by Crippen LogP contribution is -2.41. The van der Waals surface area contributed by atoms with E-state index in [1.165, 1.54) is 27.0 Å². The van der Waals surface area contributed by atoms with Crippen molar-refractivity contribution in [3.63, 3.8) is 0 Å². The summed E-state index contributed by atoms with van der Waals surface area (Å²) in [6.45, 7) is 4.65. The molecule has 32 heavy (non-hydrogen) atoms. The van der Waals surface area contributed by atoms with Crippen molar-refractivity contribution in [1.29, 1.82) is 0 Å². The number of nitrogens with zero attached hydrogens (tertiary/aromatic N) is 1. The van der Waals surface area contributed by atoms with Crippen LogP contribution in [0, 0.1) is 13.8 Å². The lowest BCUT2D eigenvalue weighted by atomic mass is 10.2. The van der Waals surface area contributed by atoms with Gasteiger partial charge in [-0.1, -0.05) is 5.16 Å². The summed E-state index contributed by atoms with van der Waals surface area (Å²) in [5.41, 5.74) is 1.14. The van der Waals surface area contributed by atoms with Crippen LogP contribution in [0.15, 0.2) is 56.5 Å². The second-order valence-corrected chi connectivity index (χ2v) is 8.60. The van der Waals surface area contributed by atoms with Crippen molar-refractivity contribution in [1.82, 2.24) is 15.2 Å². The molecule has 0 aliphatic rings. The summed E-state index contributed by atoms with van der Waals surface area (Å²) in [6.07, 6.45) is 1.52. The highest BCUT2D eigenvalue weighted by atomic mass is 32.2. The Labute approximate surface area is 184 Å². The smallest absolute Gasteiger partial charge is 0.319 e. The van der Waals surface area contributed by atoms with Crippen LogP contribution in [-0.4, -0.2) is 31.6 Å². The van der Waals surface area contributed by atoms with Gasteiger partial charge in [0.25, 0.3) is 0 Å². The number of hydrogen-bond acceptors (Lipinski definition) is 7. The maximum absolute atomic E-state index is 12.5. The highest BCUT2D eigenvalue weighted by Gasteiger charge is 2.28. The van der Waals surface area contributed by atoms with E-state index in [0.717, 1.165) is 0 Å². The van der Waals surface area contributed by atoms with Crippen LogP contribution >= 0.6 is 0 Å². The number of aromatic nitrogens is 1. The van der Waals surface area contributed by atoms with Gasteiger partial charge in [0, 0.05) is 11.4 Å². The van der Waals surface area contributed by atoms with E-state index < -0.39 is 28.0 Å². The summed E-state index contributed by atoms with van der Waals surface area (Å²) >= 11 is 0. The Bertz CT molecular complexity index is 1170. The number of nitrogens with one attached hydrogen (secondary N) is 4. The Kier molecular flexibility index (Phi) is 6.95. The van der Waals surface area contributed by atoms with Gasteiger partial charge in [0.05, 0.1) is 18.8 Å². The number of carbonyl (C=O) groups excluding carboxylic acids is 2. The van der Waals surface area contributed by atoms with Gasteiger partial charge in [-0.15, -0.1) is 0 Å². The molecule has 0 saturated heterocycles. The first-order valence-corrected chi connectivity index (χ1v) is 11.1. The SMILES string of the molecule is Cc1noc(C)c1S(=O)(=O)N[C@@H](C)C(=O)Nc1ccc(NC(=O)NCc2ccco2)cc1. The minimum absolute atomic E-state index is 0.0853. The summed E-state index contributed by atoms with van der Waals surface area (Å²) in [5.74, 6) is 0.202. The third kappa shape index (κ3) is 5.74. The minimum atomic E-state index is -3.99. The number of hydrogen-bond donors (Lipinski definition) is 4. The van der Waals surface area contributed by atoms with Gasteiger partial charge in [-0.25, -0.2) is 13.2 Å². The molecule has 2 heterocycles. The largest absolute Gasteiger partial charge is 0.467 e. The van der Waals surface area contributed by atoms with Gasteiger partial charge >= 0.3 is 6.03 Å². The molecule has 0 fully saturated rings. The third-order valence-electron chi connectivity index (χ3n) is 4.38. The Morgan fingerprint density at radius 2 is 1.72 bits per heavy atom. The van der Waals surface area contributed by atoms with Crippen LogP contribution in [0.4, 0.5) is 16.2 Å². The van der Waals surface area contributed by atoms with E-state index in [-0.39, 0.29) is 22.9 Å². The van der Waals surface area contributed by atoms with Crippen LogP contribution in [0.2, 0.25) is 0 Å². The molecule has 0 spiro atoms. The van der Waals surface area contributed by atoms with Crippen molar-refractivity contribution >= 4 is 33.3 Å². The predicted octanol–water partition coefficient (Wildman–Crippen LogP) is 2.51. The summed E-state index contributed by atoms with van der Waals surface area (Å²) in [5, 5.41) is 11.5. The molecule has 2 aromatic heterocycles. The normalized spacial score (nSPS) is 12.2. The molecule has 11 nitrogen and oxygen atoms in total. The number of sulfonamides is 1. The van der Waals surface area contributed by atoms with Gasteiger partial charge in [0.2, 0.25) is 15.9 Å². The van der Waals surface area contributed by atoms with E-state index in [2.05, 4.69) is 25.8 Å². The van der Waals surface area contributed by atoms with Crippen molar-refractivity contribution in [3.8, 4) is 0 Å². The van der Waals surface area contributed by atoms with Crippen molar-refractivity contribution in [2.75, 3.05) is 10.6 Å². The molecule has 170 valence electrons. The summed E-state index contributed by atoms with van der Waals surface area (Å²) in [6, 6.07) is 8.35. The molecule has 0 aliphatic carbocycles. The first kappa shape index (κ1) is 23.0. The number of amides is 3. The lowest BCUT2D eigenvalue weighted by Gasteiger charge is -2.14. The molecule has 0 aliphatic heterocycles. The maximum Gasteiger partial charge on any atom is 0.319 e. The van der Waals surface area contributed by atoms with Crippen molar-refractivity contribution in [2.45, 2.75) is 38.3 Å². The zero-order chi connectivity index (χ0) is 23.3. The molecule has 0 bridgehead atoms. The quantitative estimate of drug-likeness (QED) is 0.401. The Hall–Kier alpha value is -3.64. The van der Waals surface area contributed by atoms with Crippen molar-refractivity contribution < 1.29 is 26.9 Å². The van der Waals surface area contributed by atoms with Gasteiger partial charge in [-0.05, 0) is 57.2 Å². The summed E-state index contributed by atoms with van der Waals surface area (Å²) < 4.78 is 37.4. The molecule has 0 saturated carbocycles. The first-order chi connectivity index (χ1) is 15.2. The third-order valence-corrected chi connectivity index (χ3v) is 6.16. The first-order valence-electron chi connectivity index (χ1n) is 9.59. The topological polar surface area (TPSA) is 156 Å².